The average Bonchev–Trinajstić information content (AvgIpc) is 2.45. The first-order valence-electron chi connectivity index (χ1n) is 7.30. The molecule has 4 nitrogen and oxygen atoms in total. The highest BCUT2D eigenvalue weighted by molar-refractivity contribution is 5.71. The molecule has 0 radical (unpaired) electrons. The van der Waals surface area contributed by atoms with E-state index in [4.69, 9.17) is 9.47 Å². The fourth-order valence-corrected chi connectivity index (χ4v) is 2.37. The van der Waals surface area contributed by atoms with E-state index in [2.05, 4.69) is 0 Å². The third-order valence-electron chi connectivity index (χ3n) is 3.51. The molecular formula is C16H22O4. The molecule has 1 aliphatic rings. The second kappa shape index (κ2) is 7.29. The standard InChI is InChI=1S/C16H22O4/c1-2-3-9-19-16(18)11-20-13-7-8-14-12(10-13)5-4-6-15(14)17/h7-8,10,15,17H,2-6,9,11H2,1H3. The van der Waals surface area contributed by atoms with Crippen LogP contribution in [-0.2, 0) is 16.0 Å². The Kier molecular flexibility index (Phi) is 5.41. The second-order valence-corrected chi connectivity index (χ2v) is 5.13. The van der Waals surface area contributed by atoms with Gasteiger partial charge in [-0.2, -0.15) is 0 Å². The summed E-state index contributed by atoms with van der Waals surface area (Å²) in [5.41, 5.74) is 2.09. The van der Waals surface area contributed by atoms with Gasteiger partial charge in [0.1, 0.15) is 5.75 Å². The first kappa shape index (κ1) is 14.9. The second-order valence-electron chi connectivity index (χ2n) is 5.13. The Balaban J connectivity index is 1.86. The summed E-state index contributed by atoms with van der Waals surface area (Å²) in [5.74, 6) is 0.321. The summed E-state index contributed by atoms with van der Waals surface area (Å²) in [6.07, 6.45) is 4.26. The van der Waals surface area contributed by atoms with E-state index in [1.165, 1.54) is 0 Å². The minimum Gasteiger partial charge on any atom is -0.482 e. The molecule has 110 valence electrons. The normalized spacial score (nSPS) is 17.4. The number of aryl methyl sites for hydroxylation is 1. The van der Waals surface area contributed by atoms with E-state index in [0.29, 0.717) is 12.4 Å². The van der Waals surface area contributed by atoms with Crippen molar-refractivity contribution in [1.29, 1.82) is 0 Å². The van der Waals surface area contributed by atoms with E-state index in [1.807, 2.05) is 19.1 Å². The van der Waals surface area contributed by atoms with Gasteiger partial charge < -0.3 is 14.6 Å². The van der Waals surface area contributed by atoms with E-state index in [1.54, 1.807) is 6.07 Å². The molecule has 1 unspecified atom stereocenters. The van der Waals surface area contributed by atoms with E-state index in [9.17, 15) is 9.90 Å². The van der Waals surface area contributed by atoms with Crippen LogP contribution in [0.5, 0.6) is 5.75 Å². The van der Waals surface area contributed by atoms with Crippen LogP contribution >= 0.6 is 0 Å². The van der Waals surface area contributed by atoms with Crippen LogP contribution in [0.25, 0.3) is 0 Å². The van der Waals surface area contributed by atoms with Crippen molar-refractivity contribution in [3.05, 3.63) is 29.3 Å². The summed E-state index contributed by atoms with van der Waals surface area (Å²) >= 11 is 0. The summed E-state index contributed by atoms with van der Waals surface area (Å²) in [6.45, 7) is 2.44. The quantitative estimate of drug-likeness (QED) is 0.642. The van der Waals surface area contributed by atoms with Crippen LogP contribution in [0.1, 0.15) is 49.8 Å². The third-order valence-corrected chi connectivity index (χ3v) is 3.51. The number of fused-ring (bicyclic) bond motifs is 1. The highest BCUT2D eigenvalue weighted by Gasteiger charge is 2.18. The van der Waals surface area contributed by atoms with E-state index < -0.39 is 0 Å². The molecule has 1 aliphatic carbocycles. The fourth-order valence-electron chi connectivity index (χ4n) is 2.37. The lowest BCUT2D eigenvalue weighted by Crippen LogP contribution is -2.16. The number of benzene rings is 1. The van der Waals surface area contributed by atoms with Crippen molar-refractivity contribution in [2.75, 3.05) is 13.2 Å². The molecule has 1 aromatic carbocycles. The maximum Gasteiger partial charge on any atom is 0.344 e. The highest BCUT2D eigenvalue weighted by atomic mass is 16.6. The number of hydrogen-bond donors (Lipinski definition) is 1. The molecule has 4 heteroatoms. The topological polar surface area (TPSA) is 55.8 Å². The molecule has 0 fully saturated rings. The van der Waals surface area contributed by atoms with Gasteiger partial charge in [0.05, 0.1) is 12.7 Å². The summed E-state index contributed by atoms with van der Waals surface area (Å²) in [6, 6.07) is 5.60. The predicted octanol–water partition coefficient (Wildman–Crippen LogP) is 2.78. The first-order valence-corrected chi connectivity index (χ1v) is 7.30. The van der Waals surface area contributed by atoms with Crippen LogP contribution in [-0.4, -0.2) is 24.3 Å². The van der Waals surface area contributed by atoms with E-state index in [0.717, 1.165) is 43.2 Å². The number of hydrogen-bond acceptors (Lipinski definition) is 4. The van der Waals surface area contributed by atoms with Crippen LogP contribution in [0.3, 0.4) is 0 Å². The van der Waals surface area contributed by atoms with Crippen molar-refractivity contribution < 1.29 is 19.4 Å². The Bertz CT molecular complexity index is 456. The lowest BCUT2D eigenvalue weighted by Gasteiger charge is -2.21. The number of aliphatic hydroxyl groups is 1. The first-order chi connectivity index (χ1) is 9.70. The minimum atomic E-state index is -0.369. The Morgan fingerprint density at radius 2 is 2.30 bits per heavy atom. The lowest BCUT2D eigenvalue weighted by molar-refractivity contribution is -0.146. The van der Waals surface area contributed by atoms with Gasteiger partial charge in [-0.1, -0.05) is 19.4 Å². The molecule has 0 bridgehead atoms. The molecular weight excluding hydrogens is 256 g/mol. The molecule has 2 rings (SSSR count). The van der Waals surface area contributed by atoms with Gasteiger partial charge in [-0.25, -0.2) is 4.79 Å². The highest BCUT2D eigenvalue weighted by Crippen LogP contribution is 2.31. The van der Waals surface area contributed by atoms with E-state index >= 15 is 0 Å². The minimum absolute atomic E-state index is 0.0644. The Morgan fingerprint density at radius 1 is 1.45 bits per heavy atom. The van der Waals surface area contributed by atoms with Gasteiger partial charge in [0, 0.05) is 0 Å². The van der Waals surface area contributed by atoms with Gasteiger partial charge in [0.15, 0.2) is 6.61 Å². The van der Waals surface area contributed by atoms with E-state index in [-0.39, 0.29) is 18.7 Å². The van der Waals surface area contributed by atoms with Crippen molar-refractivity contribution in [3.8, 4) is 5.75 Å². The molecule has 0 aliphatic heterocycles. The van der Waals surface area contributed by atoms with Gasteiger partial charge in [0.25, 0.3) is 0 Å². The van der Waals surface area contributed by atoms with Gasteiger partial charge in [-0.15, -0.1) is 0 Å². The van der Waals surface area contributed by atoms with Crippen LogP contribution in [0.2, 0.25) is 0 Å². The Labute approximate surface area is 119 Å². The molecule has 20 heavy (non-hydrogen) atoms. The number of rotatable bonds is 6. The summed E-state index contributed by atoms with van der Waals surface area (Å²) in [5, 5.41) is 9.88. The molecule has 0 saturated heterocycles. The van der Waals surface area contributed by atoms with Crippen molar-refractivity contribution >= 4 is 5.97 Å². The van der Waals surface area contributed by atoms with Crippen molar-refractivity contribution in [2.24, 2.45) is 0 Å². The van der Waals surface area contributed by atoms with Gasteiger partial charge >= 0.3 is 5.97 Å². The van der Waals surface area contributed by atoms with Crippen molar-refractivity contribution in [3.63, 3.8) is 0 Å². The molecule has 0 heterocycles. The Morgan fingerprint density at radius 3 is 3.10 bits per heavy atom. The van der Waals surface area contributed by atoms with Crippen LogP contribution in [0.4, 0.5) is 0 Å². The molecule has 1 atom stereocenters. The predicted molar refractivity (Wildman–Crippen MR) is 75.7 cm³/mol. The number of carbonyl (C=O) groups excluding carboxylic acids is 1. The molecule has 0 amide bonds. The van der Waals surface area contributed by atoms with Gasteiger partial charge in [-0.05, 0) is 48.9 Å². The van der Waals surface area contributed by atoms with Crippen LogP contribution < -0.4 is 4.74 Å². The molecule has 0 aromatic heterocycles. The number of carbonyl (C=O) groups is 1. The lowest BCUT2D eigenvalue weighted by atomic mass is 9.89. The Hall–Kier alpha value is -1.55. The monoisotopic (exact) mass is 278 g/mol. The summed E-state index contributed by atoms with van der Waals surface area (Å²) < 4.78 is 10.5. The molecule has 0 spiro atoms. The fraction of sp³-hybridized carbons (Fsp3) is 0.562. The maximum atomic E-state index is 11.4. The molecule has 0 saturated carbocycles. The van der Waals surface area contributed by atoms with Crippen molar-refractivity contribution in [1.82, 2.24) is 0 Å². The van der Waals surface area contributed by atoms with Crippen molar-refractivity contribution in [2.45, 2.75) is 45.1 Å². The SMILES string of the molecule is CCCCOC(=O)COc1ccc2c(c1)CCCC2O. The average molecular weight is 278 g/mol. The van der Waals surface area contributed by atoms with Gasteiger partial charge in [0.2, 0.25) is 0 Å². The van der Waals surface area contributed by atoms with Gasteiger partial charge in [-0.3, -0.25) is 0 Å². The van der Waals surface area contributed by atoms with Crippen LogP contribution in [0, 0.1) is 0 Å². The number of unbranched alkanes of at least 4 members (excludes halogenated alkanes) is 1. The zero-order valence-corrected chi connectivity index (χ0v) is 11.9. The zero-order chi connectivity index (χ0) is 14.4. The molecule has 1 aromatic rings. The number of ether oxygens (including phenoxy) is 2. The largest absolute Gasteiger partial charge is 0.482 e. The zero-order valence-electron chi connectivity index (χ0n) is 11.9. The molecule has 1 N–H and O–H groups in total. The number of aliphatic hydroxyl groups excluding tert-OH is 1. The maximum absolute atomic E-state index is 11.4. The smallest absolute Gasteiger partial charge is 0.344 e. The number of esters is 1. The third kappa shape index (κ3) is 3.97. The summed E-state index contributed by atoms with van der Waals surface area (Å²) in [4.78, 5) is 11.4. The summed E-state index contributed by atoms with van der Waals surface area (Å²) in [7, 11) is 0. The van der Waals surface area contributed by atoms with Crippen LogP contribution in [0.15, 0.2) is 18.2 Å².